The van der Waals surface area contributed by atoms with Crippen molar-refractivity contribution in [2.75, 3.05) is 18.4 Å². The largest absolute Gasteiger partial charge is 0.354 e. The molecule has 0 saturated heterocycles. The summed E-state index contributed by atoms with van der Waals surface area (Å²) < 4.78 is 15.8. The summed E-state index contributed by atoms with van der Waals surface area (Å²) in [7, 11) is 0. The van der Waals surface area contributed by atoms with Crippen molar-refractivity contribution in [3.63, 3.8) is 0 Å². The first kappa shape index (κ1) is 23.8. The molecule has 0 fully saturated rings. The van der Waals surface area contributed by atoms with Gasteiger partial charge in [0.05, 0.1) is 17.7 Å². The van der Waals surface area contributed by atoms with Gasteiger partial charge in [0.1, 0.15) is 17.1 Å². The lowest BCUT2D eigenvalue weighted by Crippen LogP contribution is -2.64. The highest BCUT2D eigenvalue weighted by atomic mass is 19.1. The summed E-state index contributed by atoms with van der Waals surface area (Å²) in [6.45, 7) is 10.5. The van der Waals surface area contributed by atoms with Gasteiger partial charge in [-0.05, 0) is 43.9 Å². The van der Waals surface area contributed by atoms with Crippen molar-refractivity contribution in [3.05, 3.63) is 29.7 Å². The molecule has 1 aliphatic rings. The average Bonchev–Trinajstić information content (AvgIpc) is 2.99. The maximum atomic E-state index is 14.1. The standard InChI is InChI=1S/C24H33FN4O3/c1-6-7-12-29-22(31)21-20(27-16(4)30)18-13-17(25)8-9-19(18)28(21)14-24(29,5)23(32)26-11-10-15(2)3/h8-9,13,15H,6-7,10-12,14H2,1-5H3,(H,26,32)(H,27,30). The highest BCUT2D eigenvalue weighted by Crippen LogP contribution is 2.39. The lowest BCUT2D eigenvalue weighted by atomic mass is 9.93. The number of unbranched alkanes of at least 4 members (excludes halogenated alkanes) is 1. The van der Waals surface area contributed by atoms with Crippen LogP contribution in [0.3, 0.4) is 0 Å². The highest BCUT2D eigenvalue weighted by molar-refractivity contribution is 6.14. The third-order valence-corrected chi connectivity index (χ3v) is 6.07. The van der Waals surface area contributed by atoms with E-state index in [1.165, 1.54) is 19.1 Å². The molecule has 0 aliphatic carbocycles. The molecular formula is C24H33FN4O3. The van der Waals surface area contributed by atoms with Crippen molar-refractivity contribution < 1.29 is 18.8 Å². The monoisotopic (exact) mass is 444 g/mol. The molecule has 0 bridgehead atoms. The van der Waals surface area contributed by atoms with Gasteiger partial charge in [-0.3, -0.25) is 14.4 Å². The molecule has 2 N–H and O–H groups in total. The Balaban J connectivity index is 2.13. The van der Waals surface area contributed by atoms with Crippen LogP contribution in [0.1, 0.15) is 64.4 Å². The summed E-state index contributed by atoms with van der Waals surface area (Å²) in [5.74, 6) is -0.916. The Hall–Kier alpha value is -2.90. The summed E-state index contributed by atoms with van der Waals surface area (Å²) in [4.78, 5) is 40.6. The molecule has 3 rings (SSSR count). The summed E-state index contributed by atoms with van der Waals surface area (Å²) in [5, 5.41) is 6.17. The predicted octanol–water partition coefficient (Wildman–Crippen LogP) is 3.92. The molecule has 1 unspecified atom stereocenters. The fraction of sp³-hybridized carbons (Fsp3) is 0.542. The van der Waals surface area contributed by atoms with Gasteiger partial charge in [-0.2, -0.15) is 0 Å². The van der Waals surface area contributed by atoms with Crippen molar-refractivity contribution in [1.29, 1.82) is 0 Å². The van der Waals surface area contributed by atoms with Crippen LogP contribution in [0.5, 0.6) is 0 Å². The van der Waals surface area contributed by atoms with Crippen molar-refractivity contribution in [3.8, 4) is 0 Å². The summed E-state index contributed by atoms with van der Waals surface area (Å²) in [5.41, 5.74) is 0.0734. The van der Waals surface area contributed by atoms with Crippen LogP contribution in [0.4, 0.5) is 10.1 Å². The van der Waals surface area contributed by atoms with Gasteiger partial charge in [0.25, 0.3) is 5.91 Å². The lowest BCUT2D eigenvalue weighted by molar-refractivity contribution is -0.132. The second-order valence-corrected chi connectivity index (χ2v) is 9.18. The molecule has 1 aromatic heterocycles. The van der Waals surface area contributed by atoms with E-state index in [-0.39, 0.29) is 30.0 Å². The number of carbonyl (C=O) groups excluding carboxylic acids is 3. The van der Waals surface area contributed by atoms with Gasteiger partial charge in [0.15, 0.2) is 0 Å². The van der Waals surface area contributed by atoms with E-state index in [0.717, 1.165) is 19.3 Å². The number of fused-ring (bicyclic) bond motifs is 3. The molecule has 7 nitrogen and oxygen atoms in total. The number of anilines is 1. The van der Waals surface area contributed by atoms with E-state index in [2.05, 4.69) is 24.5 Å². The minimum Gasteiger partial charge on any atom is -0.354 e. The predicted molar refractivity (Wildman–Crippen MR) is 123 cm³/mol. The molecule has 0 spiro atoms. The molecule has 1 atom stereocenters. The van der Waals surface area contributed by atoms with E-state index in [0.29, 0.717) is 35.6 Å². The Bertz CT molecular complexity index is 1050. The molecular weight excluding hydrogens is 411 g/mol. The minimum absolute atomic E-state index is 0.210. The first-order chi connectivity index (χ1) is 15.1. The van der Waals surface area contributed by atoms with Crippen LogP contribution in [-0.2, 0) is 16.1 Å². The molecule has 1 aliphatic heterocycles. The molecule has 174 valence electrons. The van der Waals surface area contributed by atoms with Gasteiger partial charge in [-0.25, -0.2) is 4.39 Å². The van der Waals surface area contributed by atoms with Crippen LogP contribution in [0.2, 0.25) is 0 Å². The van der Waals surface area contributed by atoms with Crippen LogP contribution < -0.4 is 10.6 Å². The van der Waals surface area contributed by atoms with E-state index in [1.54, 1.807) is 22.5 Å². The number of nitrogens with one attached hydrogen (secondary N) is 2. The number of benzene rings is 1. The van der Waals surface area contributed by atoms with E-state index in [9.17, 15) is 18.8 Å². The first-order valence-corrected chi connectivity index (χ1v) is 11.3. The average molecular weight is 445 g/mol. The molecule has 0 saturated carbocycles. The second-order valence-electron chi connectivity index (χ2n) is 9.18. The van der Waals surface area contributed by atoms with Crippen LogP contribution in [0, 0.1) is 11.7 Å². The number of nitrogens with zero attached hydrogens (tertiary/aromatic N) is 2. The van der Waals surface area contributed by atoms with Gasteiger partial charge in [0, 0.05) is 25.4 Å². The summed E-state index contributed by atoms with van der Waals surface area (Å²) in [6.07, 6.45) is 2.45. The van der Waals surface area contributed by atoms with Gasteiger partial charge in [-0.1, -0.05) is 27.2 Å². The SMILES string of the molecule is CCCCN1C(=O)c2c(NC(C)=O)c3cc(F)ccc3n2CC1(C)C(=O)NCCC(C)C. The third kappa shape index (κ3) is 4.36. The number of aromatic nitrogens is 1. The molecule has 3 amide bonds. The van der Waals surface area contributed by atoms with E-state index in [4.69, 9.17) is 0 Å². The zero-order chi connectivity index (χ0) is 23.6. The fourth-order valence-corrected chi connectivity index (χ4v) is 4.28. The number of halogens is 1. The number of amides is 3. The summed E-state index contributed by atoms with van der Waals surface area (Å²) >= 11 is 0. The summed E-state index contributed by atoms with van der Waals surface area (Å²) in [6, 6.07) is 4.22. The zero-order valence-electron chi connectivity index (χ0n) is 19.5. The molecule has 8 heteroatoms. The maximum absolute atomic E-state index is 14.1. The molecule has 1 aromatic carbocycles. The van der Waals surface area contributed by atoms with Gasteiger partial charge >= 0.3 is 0 Å². The van der Waals surface area contributed by atoms with Crippen LogP contribution >= 0.6 is 0 Å². The van der Waals surface area contributed by atoms with Crippen molar-refractivity contribution in [1.82, 2.24) is 14.8 Å². The van der Waals surface area contributed by atoms with Crippen molar-refractivity contribution >= 4 is 34.3 Å². The van der Waals surface area contributed by atoms with E-state index < -0.39 is 11.4 Å². The first-order valence-electron chi connectivity index (χ1n) is 11.3. The zero-order valence-corrected chi connectivity index (χ0v) is 19.5. The Morgan fingerprint density at radius 2 is 2.00 bits per heavy atom. The second kappa shape index (κ2) is 9.30. The Morgan fingerprint density at radius 1 is 1.28 bits per heavy atom. The van der Waals surface area contributed by atoms with Gasteiger partial charge < -0.3 is 20.1 Å². The van der Waals surface area contributed by atoms with Crippen molar-refractivity contribution in [2.45, 2.75) is 66.0 Å². The smallest absolute Gasteiger partial charge is 0.273 e. The lowest BCUT2D eigenvalue weighted by Gasteiger charge is -2.44. The molecule has 2 aromatic rings. The number of hydrogen-bond donors (Lipinski definition) is 2. The normalized spacial score (nSPS) is 18.2. The molecule has 0 radical (unpaired) electrons. The maximum Gasteiger partial charge on any atom is 0.273 e. The topological polar surface area (TPSA) is 83.4 Å². The fourth-order valence-electron chi connectivity index (χ4n) is 4.28. The Kier molecular flexibility index (Phi) is 6.91. The Morgan fingerprint density at radius 3 is 2.62 bits per heavy atom. The van der Waals surface area contributed by atoms with Gasteiger partial charge in [-0.15, -0.1) is 0 Å². The number of hydrogen-bond acceptors (Lipinski definition) is 3. The highest BCUT2D eigenvalue weighted by Gasteiger charge is 2.48. The molecule has 2 heterocycles. The Labute approximate surface area is 188 Å². The van der Waals surface area contributed by atoms with E-state index in [1.807, 2.05) is 6.92 Å². The number of rotatable bonds is 8. The van der Waals surface area contributed by atoms with Crippen LogP contribution in [-0.4, -0.2) is 45.8 Å². The van der Waals surface area contributed by atoms with E-state index >= 15 is 0 Å². The molecule has 32 heavy (non-hydrogen) atoms. The minimum atomic E-state index is -1.11. The van der Waals surface area contributed by atoms with Crippen LogP contribution in [0.25, 0.3) is 10.9 Å². The third-order valence-electron chi connectivity index (χ3n) is 6.07. The van der Waals surface area contributed by atoms with Crippen LogP contribution in [0.15, 0.2) is 18.2 Å². The van der Waals surface area contributed by atoms with Crippen molar-refractivity contribution in [2.24, 2.45) is 5.92 Å². The van der Waals surface area contributed by atoms with Gasteiger partial charge in [0.2, 0.25) is 11.8 Å². The quantitative estimate of drug-likeness (QED) is 0.647. The number of carbonyl (C=O) groups is 3.